The van der Waals surface area contributed by atoms with Crippen LogP contribution in [0.25, 0.3) is 11.3 Å². The van der Waals surface area contributed by atoms with Gasteiger partial charge in [0.15, 0.2) is 0 Å². The fraction of sp³-hybridized carbons (Fsp3) is 0.333. The van der Waals surface area contributed by atoms with Crippen molar-refractivity contribution in [3.05, 3.63) is 41.0 Å². The molecule has 1 heterocycles. The highest BCUT2D eigenvalue weighted by Crippen LogP contribution is 2.40. The second kappa shape index (κ2) is 4.30. The normalized spacial score (nSPS) is 14.7. The van der Waals surface area contributed by atoms with E-state index in [1.807, 2.05) is 13.8 Å². The molecule has 1 aromatic carbocycles. The lowest BCUT2D eigenvalue weighted by atomic mass is 10.0. The van der Waals surface area contributed by atoms with Crippen molar-refractivity contribution in [2.45, 2.75) is 32.6 Å². The Labute approximate surface area is 111 Å². The maximum absolute atomic E-state index is 14.0. The van der Waals surface area contributed by atoms with Crippen molar-refractivity contribution >= 4 is 5.82 Å². The van der Waals surface area contributed by atoms with E-state index in [9.17, 15) is 4.39 Å². The second-order valence-corrected chi connectivity index (χ2v) is 5.20. The SMILES string of the molecule is Cc1ccc(F)c(-c2nc(C3CC3)nc(N)c2C)c1. The van der Waals surface area contributed by atoms with Crippen LogP contribution in [0.1, 0.15) is 35.7 Å². The number of anilines is 1. The first-order valence-electron chi connectivity index (χ1n) is 6.47. The van der Waals surface area contributed by atoms with Crippen LogP contribution >= 0.6 is 0 Å². The van der Waals surface area contributed by atoms with Gasteiger partial charge >= 0.3 is 0 Å². The van der Waals surface area contributed by atoms with E-state index < -0.39 is 0 Å². The summed E-state index contributed by atoms with van der Waals surface area (Å²) < 4.78 is 14.0. The van der Waals surface area contributed by atoms with Crippen LogP contribution in [0, 0.1) is 19.7 Å². The number of hydrogen-bond acceptors (Lipinski definition) is 3. The highest BCUT2D eigenvalue weighted by molar-refractivity contribution is 5.68. The van der Waals surface area contributed by atoms with E-state index >= 15 is 0 Å². The van der Waals surface area contributed by atoms with E-state index in [4.69, 9.17) is 5.73 Å². The summed E-state index contributed by atoms with van der Waals surface area (Å²) >= 11 is 0. The molecule has 0 radical (unpaired) electrons. The molecule has 98 valence electrons. The Balaban J connectivity index is 2.20. The topological polar surface area (TPSA) is 51.8 Å². The first kappa shape index (κ1) is 12.1. The van der Waals surface area contributed by atoms with Crippen LogP contribution in [-0.2, 0) is 0 Å². The van der Waals surface area contributed by atoms with Crippen molar-refractivity contribution in [2.75, 3.05) is 5.73 Å². The Hall–Kier alpha value is -1.97. The molecule has 2 N–H and O–H groups in total. The van der Waals surface area contributed by atoms with Crippen LogP contribution in [0.15, 0.2) is 18.2 Å². The fourth-order valence-corrected chi connectivity index (χ4v) is 2.16. The Morgan fingerprint density at radius 3 is 2.63 bits per heavy atom. The molecule has 0 bridgehead atoms. The summed E-state index contributed by atoms with van der Waals surface area (Å²) in [5, 5.41) is 0. The van der Waals surface area contributed by atoms with Crippen LogP contribution in [0.2, 0.25) is 0 Å². The molecule has 0 unspecified atom stereocenters. The third kappa shape index (κ3) is 2.18. The summed E-state index contributed by atoms with van der Waals surface area (Å²) in [5.41, 5.74) is 8.81. The molecule has 3 rings (SSSR count). The Bertz CT molecular complexity index is 648. The standard InChI is InChI=1S/C15H16FN3/c1-8-3-6-12(16)11(7-8)13-9(2)14(17)19-15(18-13)10-4-5-10/h3,6-7,10H,4-5H2,1-2H3,(H2,17,18,19). The zero-order valence-electron chi connectivity index (χ0n) is 11.1. The van der Waals surface area contributed by atoms with Gasteiger partial charge in [0, 0.05) is 17.0 Å². The minimum atomic E-state index is -0.270. The van der Waals surface area contributed by atoms with E-state index in [1.165, 1.54) is 6.07 Å². The Morgan fingerprint density at radius 1 is 1.21 bits per heavy atom. The van der Waals surface area contributed by atoms with Crippen molar-refractivity contribution in [1.82, 2.24) is 9.97 Å². The molecule has 0 aliphatic heterocycles. The van der Waals surface area contributed by atoms with Crippen LogP contribution in [0.4, 0.5) is 10.2 Å². The van der Waals surface area contributed by atoms with E-state index in [2.05, 4.69) is 9.97 Å². The van der Waals surface area contributed by atoms with Gasteiger partial charge in [-0.2, -0.15) is 0 Å². The molecule has 0 amide bonds. The van der Waals surface area contributed by atoms with Crippen molar-refractivity contribution in [2.24, 2.45) is 0 Å². The molecule has 4 heteroatoms. The third-order valence-electron chi connectivity index (χ3n) is 3.52. The summed E-state index contributed by atoms with van der Waals surface area (Å²) in [6, 6.07) is 5.03. The average molecular weight is 257 g/mol. The minimum absolute atomic E-state index is 0.270. The number of hydrogen-bond donors (Lipinski definition) is 1. The molecular weight excluding hydrogens is 241 g/mol. The van der Waals surface area contributed by atoms with E-state index in [-0.39, 0.29) is 5.82 Å². The molecule has 0 spiro atoms. The molecule has 1 aliphatic rings. The molecule has 0 atom stereocenters. The minimum Gasteiger partial charge on any atom is -0.383 e. The van der Waals surface area contributed by atoms with Gasteiger partial charge in [-0.15, -0.1) is 0 Å². The summed E-state index contributed by atoms with van der Waals surface area (Å²) in [5.74, 6) is 1.33. The lowest BCUT2D eigenvalue weighted by Crippen LogP contribution is -2.05. The maximum atomic E-state index is 14.0. The van der Waals surface area contributed by atoms with E-state index in [0.29, 0.717) is 23.0 Å². The van der Waals surface area contributed by atoms with Gasteiger partial charge in [-0.1, -0.05) is 11.6 Å². The fourth-order valence-electron chi connectivity index (χ4n) is 2.16. The monoisotopic (exact) mass is 257 g/mol. The van der Waals surface area contributed by atoms with Crippen LogP contribution < -0.4 is 5.73 Å². The summed E-state index contributed by atoms with van der Waals surface area (Å²) in [6.45, 7) is 3.77. The van der Waals surface area contributed by atoms with Gasteiger partial charge in [0.25, 0.3) is 0 Å². The van der Waals surface area contributed by atoms with Crippen molar-refractivity contribution in [3.63, 3.8) is 0 Å². The first-order valence-corrected chi connectivity index (χ1v) is 6.47. The molecule has 1 aromatic heterocycles. The second-order valence-electron chi connectivity index (χ2n) is 5.20. The number of nitrogens with zero attached hydrogens (tertiary/aromatic N) is 2. The number of nitrogen functional groups attached to an aromatic ring is 1. The Kier molecular flexibility index (Phi) is 2.73. The van der Waals surface area contributed by atoms with Crippen molar-refractivity contribution < 1.29 is 4.39 Å². The molecule has 1 fully saturated rings. The zero-order chi connectivity index (χ0) is 13.6. The molecule has 2 aromatic rings. The number of aryl methyl sites for hydroxylation is 1. The van der Waals surface area contributed by atoms with Gasteiger partial charge in [0.2, 0.25) is 0 Å². The van der Waals surface area contributed by atoms with E-state index in [0.717, 1.165) is 29.8 Å². The van der Waals surface area contributed by atoms with E-state index in [1.54, 1.807) is 12.1 Å². The highest BCUT2D eigenvalue weighted by Gasteiger charge is 2.28. The van der Waals surface area contributed by atoms with Crippen LogP contribution in [0.5, 0.6) is 0 Å². The lowest BCUT2D eigenvalue weighted by molar-refractivity contribution is 0.630. The van der Waals surface area contributed by atoms with Gasteiger partial charge < -0.3 is 5.73 Å². The first-order chi connectivity index (χ1) is 9.06. The van der Waals surface area contributed by atoms with Crippen molar-refractivity contribution in [3.8, 4) is 11.3 Å². The third-order valence-corrected chi connectivity index (χ3v) is 3.52. The zero-order valence-corrected chi connectivity index (χ0v) is 11.1. The lowest BCUT2D eigenvalue weighted by Gasteiger charge is -2.11. The van der Waals surface area contributed by atoms with Gasteiger partial charge in [-0.05, 0) is 38.8 Å². The molecular formula is C15H16FN3. The number of benzene rings is 1. The largest absolute Gasteiger partial charge is 0.383 e. The smallest absolute Gasteiger partial charge is 0.134 e. The number of nitrogens with two attached hydrogens (primary N) is 1. The predicted octanol–water partition coefficient (Wildman–Crippen LogP) is 3.36. The van der Waals surface area contributed by atoms with Gasteiger partial charge in [0.1, 0.15) is 17.5 Å². The number of halogens is 1. The van der Waals surface area contributed by atoms with Crippen LogP contribution in [-0.4, -0.2) is 9.97 Å². The molecule has 1 aliphatic carbocycles. The number of aromatic nitrogens is 2. The summed E-state index contributed by atoms with van der Waals surface area (Å²) in [4.78, 5) is 8.85. The quantitative estimate of drug-likeness (QED) is 0.897. The molecule has 1 saturated carbocycles. The number of rotatable bonds is 2. The summed E-state index contributed by atoms with van der Waals surface area (Å²) in [7, 11) is 0. The van der Waals surface area contributed by atoms with Gasteiger partial charge in [0.05, 0.1) is 5.69 Å². The highest BCUT2D eigenvalue weighted by atomic mass is 19.1. The van der Waals surface area contributed by atoms with Crippen molar-refractivity contribution in [1.29, 1.82) is 0 Å². The molecule has 3 nitrogen and oxygen atoms in total. The summed E-state index contributed by atoms with van der Waals surface area (Å²) in [6.07, 6.45) is 2.19. The van der Waals surface area contributed by atoms with Gasteiger partial charge in [-0.25, -0.2) is 14.4 Å². The molecule has 19 heavy (non-hydrogen) atoms. The van der Waals surface area contributed by atoms with Crippen LogP contribution in [0.3, 0.4) is 0 Å². The Morgan fingerprint density at radius 2 is 1.95 bits per heavy atom. The predicted molar refractivity (Wildman–Crippen MR) is 73.3 cm³/mol. The average Bonchev–Trinajstić information content (AvgIpc) is 3.20. The molecule has 0 saturated heterocycles. The van der Waals surface area contributed by atoms with Gasteiger partial charge in [-0.3, -0.25) is 0 Å². The maximum Gasteiger partial charge on any atom is 0.134 e.